The second kappa shape index (κ2) is 11.8. The number of nitriles is 1. The number of nitrogens with zero attached hydrogens (tertiary/aromatic N) is 3. The van der Waals surface area contributed by atoms with Crippen molar-refractivity contribution in [1.82, 2.24) is 14.9 Å². The lowest BCUT2D eigenvalue weighted by molar-refractivity contribution is -0.0496. The molecule has 0 radical (unpaired) electrons. The van der Waals surface area contributed by atoms with Gasteiger partial charge in [0.1, 0.15) is 5.82 Å². The Morgan fingerprint density at radius 2 is 1.94 bits per heavy atom. The van der Waals surface area contributed by atoms with Crippen LogP contribution in [0, 0.1) is 23.1 Å². The Kier molecular flexibility index (Phi) is 10.4. The fraction of sp³-hybridized carbons (Fsp3) is 0.556. The van der Waals surface area contributed by atoms with Crippen LogP contribution in [0.4, 0.5) is 17.6 Å². The van der Waals surface area contributed by atoms with Crippen molar-refractivity contribution in [3.05, 3.63) is 35.1 Å². The molecule has 0 bridgehead atoms. The molecular weight excluding hydrogens is 553 g/mol. The smallest absolute Gasteiger partial charge is 0.357 e. The minimum atomic E-state index is -5.29. The number of aliphatic imine (C=N–C) groups is 1. The van der Waals surface area contributed by atoms with Crippen molar-refractivity contribution in [1.29, 1.82) is 5.26 Å². The van der Waals surface area contributed by atoms with Crippen molar-refractivity contribution in [2.24, 2.45) is 10.9 Å². The van der Waals surface area contributed by atoms with Crippen LogP contribution < -0.4 is 10.6 Å². The number of hydrogen-bond donors (Lipinski definition) is 2. The van der Waals surface area contributed by atoms with Crippen LogP contribution in [0.25, 0.3) is 0 Å². The number of nitrogens with one attached hydrogen (secondary N) is 2. The van der Waals surface area contributed by atoms with Crippen LogP contribution in [-0.4, -0.2) is 50.4 Å². The highest BCUT2D eigenvalue weighted by Gasteiger charge is 2.50. The van der Waals surface area contributed by atoms with Crippen molar-refractivity contribution in [2.45, 2.75) is 31.8 Å². The Morgan fingerprint density at radius 1 is 1.29 bits per heavy atom. The van der Waals surface area contributed by atoms with E-state index >= 15 is 0 Å². The van der Waals surface area contributed by atoms with E-state index < -0.39 is 21.3 Å². The molecule has 1 saturated heterocycles. The number of hydrogen-bond acceptors (Lipinski definition) is 4. The van der Waals surface area contributed by atoms with Gasteiger partial charge in [-0.1, -0.05) is 6.07 Å². The van der Waals surface area contributed by atoms with Gasteiger partial charge in [-0.3, -0.25) is 0 Å². The number of guanidine groups is 1. The number of halogens is 5. The van der Waals surface area contributed by atoms with Crippen molar-refractivity contribution in [2.75, 3.05) is 26.2 Å². The molecule has 7 nitrogen and oxygen atoms in total. The summed E-state index contributed by atoms with van der Waals surface area (Å²) in [4.78, 5) is 4.29. The predicted molar refractivity (Wildman–Crippen MR) is 119 cm³/mol. The Bertz CT molecular complexity index is 911. The zero-order valence-corrected chi connectivity index (χ0v) is 19.9. The highest BCUT2D eigenvalue weighted by atomic mass is 127. The molecule has 0 atom stereocenters. The highest BCUT2D eigenvalue weighted by molar-refractivity contribution is 14.0. The van der Waals surface area contributed by atoms with Crippen LogP contribution in [0.2, 0.25) is 0 Å². The van der Waals surface area contributed by atoms with Gasteiger partial charge in [0.25, 0.3) is 0 Å². The van der Waals surface area contributed by atoms with Gasteiger partial charge in [0, 0.05) is 31.7 Å². The quantitative estimate of drug-likeness (QED) is 0.235. The van der Waals surface area contributed by atoms with Gasteiger partial charge in [0.15, 0.2) is 5.96 Å². The Morgan fingerprint density at radius 3 is 2.45 bits per heavy atom. The number of sulfonamides is 1. The lowest BCUT2D eigenvalue weighted by Crippen LogP contribution is -2.47. The second-order valence-corrected chi connectivity index (χ2v) is 8.72. The van der Waals surface area contributed by atoms with Gasteiger partial charge < -0.3 is 10.6 Å². The van der Waals surface area contributed by atoms with E-state index in [1.165, 1.54) is 12.1 Å². The molecule has 2 rings (SSSR count). The molecule has 1 aliphatic heterocycles. The lowest BCUT2D eigenvalue weighted by Gasteiger charge is -2.31. The average Bonchev–Trinajstić information content (AvgIpc) is 2.70. The van der Waals surface area contributed by atoms with Gasteiger partial charge in [-0.2, -0.15) is 22.7 Å². The lowest BCUT2D eigenvalue weighted by atomic mass is 9.98. The number of rotatable bonds is 6. The summed E-state index contributed by atoms with van der Waals surface area (Å²) in [6, 6.07) is 5.97. The van der Waals surface area contributed by atoms with Crippen molar-refractivity contribution >= 4 is 40.0 Å². The first-order valence-electron chi connectivity index (χ1n) is 9.35. The minimum absolute atomic E-state index is 0. The van der Waals surface area contributed by atoms with E-state index in [1.54, 1.807) is 0 Å². The first-order valence-corrected chi connectivity index (χ1v) is 10.8. The van der Waals surface area contributed by atoms with Gasteiger partial charge in [-0.05, 0) is 37.8 Å². The van der Waals surface area contributed by atoms with Crippen LogP contribution in [0.3, 0.4) is 0 Å². The van der Waals surface area contributed by atoms with E-state index in [1.807, 2.05) is 13.0 Å². The molecule has 0 aliphatic carbocycles. The molecule has 0 unspecified atom stereocenters. The summed E-state index contributed by atoms with van der Waals surface area (Å²) in [5, 5.41) is 14.8. The fourth-order valence-corrected chi connectivity index (χ4v) is 3.98. The standard InChI is InChI=1S/C18H23F4N5O2S.HI/c1-2-24-17(26-12-15-4-3-14(10-23)9-16(15)19)25-11-13-5-7-27(8-6-13)30(28,29)18(20,21)22;/h3-4,9,13H,2,5-8,11-12H2,1H3,(H2,24,25,26);1H. The Hall–Kier alpha value is -1.66. The van der Waals surface area contributed by atoms with Crippen LogP contribution >= 0.6 is 24.0 Å². The third-order valence-electron chi connectivity index (χ3n) is 4.70. The largest absolute Gasteiger partial charge is 0.511 e. The number of piperidine rings is 1. The number of benzene rings is 1. The summed E-state index contributed by atoms with van der Waals surface area (Å²) in [6.07, 6.45) is 0.567. The maximum absolute atomic E-state index is 14.0. The molecule has 1 heterocycles. The summed E-state index contributed by atoms with van der Waals surface area (Å²) >= 11 is 0. The van der Waals surface area contributed by atoms with Gasteiger partial charge in [-0.15, -0.1) is 24.0 Å². The van der Waals surface area contributed by atoms with Gasteiger partial charge in [-0.25, -0.2) is 17.8 Å². The molecule has 174 valence electrons. The van der Waals surface area contributed by atoms with E-state index in [9.17, 15) is 26.0 Å². The third-order valence-corrected chi connectivity index (χ3v) is 6.33. The maximum atomic E-state index is 14.0. The molecule has 0 aromatic heterocycles. The normalized spacial score (nSPS) is 16.3. The molecule has 1 aromatic rings. The molecule has 0 spiro atoms. The van der Waals surface area contributed by atoms with Crippen LogP contribution in [-0.2, 0) is 16.6 Å². The van der Waals surface area contributed by atoms with Crippen LogP contribution in [0.1, 0.15) is 30.9 Å². The van der Waals surface area contributed by atoms with Crippen molar-refractivity contribution in [3.63, 3.8) is 0 Å². The monoisotopic (exact) mass is 577 g/mol. The van der Waals surface area contributed by atoms with E-state index in [2.05, 4.69) is 15.6 Å². The Balaban J connectivity index is 0.00000480. The molecule has 1 fully saturated rings. The molecule has 1 aromatic carbocycles. The van der Waals surface area contributed by atoms with Gasteiger partial charge >= 0.3 is 15.5 Å². The molecule has 31 heavy (non-hydrogen) atoms. The van der Waals surface area contributed by atoms with E-state index in [0.29, 0.717) is 28.9 Å². The molecule has 0 amide bonds. The van der Waals surface area contributed by atoms with Gasteiger partial charge in [0.2, 0.25) is 0 Å². The fourth-order valence-electron chi connectivity index (χ4n) is 2.99. The topological polar surface area (TPSA) is 97.6 Å². The summed E-state index contributed by atoms with van der Waals surface area (Å²) in [5.41, 5.74) is -4.76. The first kappa shape index (κ1) is 27.4. The summed E-state index contributed by atoms with van der Waals surface area (Å²) < 4.78 is 75.3. The average molecular weight is 577 g/mol. The predicted octanol–water partition coefficient (Wildman–Crippen LogP) is 2.93. The molecule has 0 saturated carbocycles. The van der Waals surface area contributed by atoms with Crippen molar-refractivity contribution < 1.29 is 26.0 Å². The van der Waals surface area contributed by atoms with E-state index in [4.69, 9.17) is 5.26 Å². The second-order valence-electron chi connectivity index (χ2n) is 6.79. The van der Waals surface area contributed by atoms with E-state index in [-0.39, 0.29) is 67.9 Å². The zero-order chi connectivity index (χ0) is 22.4. The minimum Gasteiger partial charge on any atom is -0.357 e. The van der Waals surface area contributed by atoms with E-state index in [0.717, 1.165) is 6.07 Å². The highest BCUT2D eigenvalue weighted by Crippen LogP contribution is 2.30. The molecule has 1 aliphatic rings. The van der Waals surface area contributed by atoms with Gasteiger partial charge in [0.05, 0.1) is 18.2 Å². The maximum Gasteiger partial charge on any atom is 0.511 e. The SMILES string of the molecule is CCNC(=NCc1ccc(C#N)cc1F)NCC1CCN(S(=O)(=O)C(F)(F)F)CC1.I. The molecule has 2 N–H and O–H groups in total. The number of alkyl halides is 3. The summed E-state index contributed by atoms with van der Waals surface area (Å²) in [5.74, 6) is -0.154. The zero-order valence-electron chi connectivity index (χ0n) is 16.7. The van der Waals surface area contributed by atoms with Crippen LogP contribution in [0.15, 0.2) is 23.2 Å². The summed E-state index contributed by atoms with van der Waals surface area (Å²) in [7, 11) is -5.29. The third kappa shape index (κ3) is 7.46. The molecular formula is C18H24F4IN5O2S. The Labute approximate surface area is 196 Å². The van der Waals surface area contributed by atoms with Crippen LogP contribution in [0.5, 0.6) is 0 Å². The molecule has 13 heteroatoms. The first-order chi connectivity index (χ1) is 14.1. The summed E-state index contributed by atoms with van der Waals surface area (Å²) in [6.45, 7) is 2.43. The van der Waals surface area contributed by atoms with Crippen molar-refractivity contribution in [3.8, 4) is 6.07 Å².